The number of hydrogen-bond donors (Lipinski definition) is 0. The van der Waals surface area contributed by atoms with Gasteiger partial charge in [0.2, 0.25) is 9.84 Å². The highest BCUT2D eigenvalue weighted by Gasteiger charge is 2.39. The van der Waals surface area contributed by atoms with Gasteiger partial charge in [-0.15, -0.1) is 0 Å². The predicted octanol–water partition coefficient (Wildman–Crippen LogP) is 11.2. The molecular formula is C42H34N2O2S2. The molecule has 0 spiro atoms. The molecule has 6 heteroatoms. The van der Waals surface area contributed by atoms with E-state index in [2.05, 4.69) is 135 Å². The third-order valence-electron chi connectivity index (χ3n) is 10.4. The van der Waals surface area contributed by atoms with Gasteiger partial charge in [0.25, 0.3) is 0 Å². The first kappa shape index (κ1) is 29.4. The van der Waals surface area contributed by atoms with Crippen LogP contribution in [-0.4, -0.2) is 8.42 Å². The number of anilines is 6. The highest BCUT2D eigenvalue weighted by atomic mass is 32.2. The Morgan fingerprint density at radius 3 is 1.10 bits per heavy atom. The first-order chi connectivity index (χ1) is 23.1. The van der Waals surface area contributed by atoms with Gasteiger partial charge in [0, 0.05) is 32.0 Å². The summed E-state index contributed by atoms with van der Waals surface area (Å²) in [6.45, 7) is 9.08. The van der Waals surface area contributed by atoms with Gasteiger partial charge < -0.3 is 9.80 Å². The molecule has 0 radical (unpaired) electrons. The fourth-order valence-electron chi connectivity index (χ4n) is 8.01. The van der Waals surface area contributed by atoms with Crippen LogP contribution in [0.2, 0.25) is 0 Å². The lowest BCUT2D eigenvalue weighted by atomic mass is 9.73. The summed E-state index contributed by atoms with van der Waals surface area (Å²) in [6, 6.07) is 45.7. The van der Waals surface area contributed by atoms with Gasteiger partial charge in [-0.25, -0.2) is 8.42 Å². The molecule has 0 N–H and O–H groups in total. The lowest BCUT2D eigenvalue weighted by Gasteiger charge is -2.42. The maximum Gasteiger partial charge on any atom is 0.208 e. The Morgan fingerprint density at radius 1 is 0.458 bits per heavy atom. The van der Waals surface area contributed by atoms with Gasteiger partial charge in [-0.05, 0) is 82.9 Å². The maximum atomic E-state index is 14.2. The van der Waals surface area contributed by atoms with Gasteiger partial charge in [0.1, 0.15) is 0 Å². The molecule has 3 aliphatic heterocycles. The van der Waals surface area contributed by atoms with Crippen LogP contribution in [0.5, 0.6) is 0 Å². The van der Waals surface area contributed by atoms with Crippen LogP contribution in [0.15, 0.2) is 153 Å². The predicted molar refractivity (Wildman–Crippen MR) is 196 cm³/mol. The quantitative estimate of drug-likeness (QED) is 0.184. The summed E-state index contributed by atoms with van der Waals surface area (Å²) >= 11 is 1.53. The number of hydrogen-bond acceptors (Lipinski definition) is 5. The maximum absolute atomic E-state index is 14.2. The van der Waals surface area contributed by atoms with Crippen molar-refractivity contribution in [1.82, 2.24) is 0 Å². The molecule has 0 saturated carbocycles. The molecule has 0 bridgehead atoms. The topological polar surface area (TPSA) is 40.6 Å². The van der Waals surface area contributed by atoms with Crippen molar-refractivity contribution in [3.63, 3.8) is 0 Å². The minimum Gasteiger partial charge on any atom is -0.310 e. The van der Waals surface area contributed by atoms with Crippen LogP contribution in [0, 0.1) is 0 Å². The van der Waals surface area contributed by atoms with Gasteiger partial charge in [-0.3, -0.25) is 0 Å². The largest absolute Gasteiger partial charge is 0.310 e. The van der Waals surface area contributed by atoms with Crippen molar-refractivity contribution in [1.29, 1.82) is 0 Å². The van der Waals surface area contributed by atoms with E-state index in [0.717, 1.165) is 43.9 Å². The molecule has 6 aromatic carbocycles. The molecule has 0 aromatic heterocycles. The summed E-state index contributed by atoms with van der Waals surface area (Å²) in [7, 11) is -3.73. The number of sulfone groups is 1. The van der Waals surface area contributed by atoms with Crippen LogP contribution in [0.4, 0.5) is 34.1 Å². The first-order valence-electron chi connectivity index (χ1n) is 16.3. The monoisotopic (exact) mass is 662 g/mol. The minimum absolute atomic E-state index is 0.174. The molecule has 4 nitrogen and oxygen atoms in total. The minimum atomic E-state index is -3.73. The van der Waals surface area contributed by atoms with Crippen LogP contribution in [0.25, 0.3) is 0 Å². The Morgan fingerprint density at radius 2 is 0.771 bits per heavy atom. The van der Waals surface area contributed by atoms with Crippen LogP contribution >= 0.6 is 11.8 Å². The summed E-state index contributed by atoms with van der Waals surface area (Å²) < 4.78 is 28.4. The highest BCUT2D eigenvalue weighted by Crippen LogP contribution is 2.55. The van der Waals surface area contributed by atoms with Crippen LogP contribution in [0.1, 0.15) is 49.9 Å². The number of para-hydroxylation sites is 4. The molecule has 0 saturated heterocycles. The summed E-state index contributed by atoms with van der Waals surface area (Å²) in [4.78, 5) is 6.73. The second kappa shape index (κ2) is 10.1. The molecule has 0 aliphatic carbocycles. The van der Waals surface area contributed by atoms with Crippen molar-refractivity contribution in [2.75, 3.05) is 9.80 Å². The van der Waals surface area contributed by atoms with E-state index in [4.69, 9.17) is 0 Å². The van der Waals surface area contributed by atoms with E-state index in [-0.39, 0.29) is 10.8 Å². The van der Waals surface area contributed by atoms with Crippen LogP contribution in [0.3, 0.4) is 0 Å². The zero-order valence-electron chi connectivity index (χ0n) is 27.2. The molecule has 3 heterocycles. The fourth-order valence-corrected chi connectivity index (χ4v) is 11.2. The Hall–Kier alpha value is -4.78. The van der Waals surface area contributed by atoms with Crippen molar-refractivity contribution in [3.8, 4) is 0 Å². The lowest BCUT2D eigenvalue weighted by Crippen LogP contribution is -2.30. The standard InChI is InChI=1S/C42H34N2O2S2/c1-41(2)29-13-5-9-17-33(29)43(34-18-10-6-14-30(34)41)27-21-23-39-37(25-27)47-38-26-28(22-24-40(38)48(39,45)46)44-35-19-11-7-15-31(35)42(3,4)32-16-8-12-20-36(32)44/h5-26H,1-4H3. The molecular weight excluding hydrogens is 629 g/mol. The second-order valence-corrected chi connectivity index (χ2v) is 16.8. The van der Waals surface area contributed by atoms with Gasteiger partial charge in [0.05, 0.1) is 32.5 Å². The number of benzene rings is 6. The molecule has 0 fully saturated rings. The first-order valence-corrected chi connectivity index (χ1v) is 18.6. The zero-order valence-corrected chi connectivity index (χ0v) is 28.9. The van der Waals surface area contributed by atoms with E-state index >= 15 is 0 Å². The van der Waals surface area contributed by atoms with Crippen molar-refractivity contribution >= 4 is 55.7 Å². The van der Waals surface area contributed by atoms with E-state index in [1.54, 1.807) is 12.1 Å². The van der Waals surface area contributed by atoms with Crippen molar-refractivity contribution < 1.29 is 8.42 Å². The number of rotatable bonds is 2. The molecule has 0 unspecified atom stereocenters. The van der Waals surface area contributed by atoms with Crippen molar-refractivity contribution in [3.05, 3.63) is 156 Å². The molecule has 48 heavy (non-hydrogen) atoms. The SMILES string of the molecule is CC1(C)c2ccccc2N(c2ccc3c(c2)Sc2cc(N4c5ccccc5C(C)(C)c5ccccc54)ccc2S3(=O)=O)c2ccccc21. The average molecular weight is 663 g/mol. The van der Waals surface area contributed by atoms with E-state index in [1.165, 1.54) is 34.0 Å². The number of fused-ring (bicyclic) bond motifs is 6. The zero-order chi connectivity index (χ0) is 33.0. The van der Waals surface area contributed by atoms with E-state index in [9.17, 15) is 8.42 Å². The Labute approximate surface area is 286 Å². The van der Waals surface area contributed by atoms with Gasteiger partial charge in [-0.2, -0.15) is 0 Å². The molecule has 9 rings (SSSR count). The Balaban J connectivity index is 1.18. The van der Waals surface area contributed by atoms with Gasteiger partial charge in [0.15, 0.2) is 0 Å². The Bertz CT molecular complexity index is 2170. The normalized spacial score (nSPS) is 17.2. The van der Waals surface area contributed by atoms with E-state index in [0.29, 0.717) is 9.79 Å². The lowest BCUT2D eigenvalue weighted by molar-refractivity contribution is 0.591. The average Bonchev–Trinajstić information content (AvgIpc) is 3.08. The highest BCUT2D eigenvalue weighted by molar-refractivity contribution is 8.02. The molecule has 0 atom stereocenters. The number of nitrogens with zero attached hydrogens (tertiary/aromatic N) is 2. The fraction of sp³-hybridized carbons (Fsp3) is 0.143. The molecule has 3 aliphatic rings. The molecule has 0 amide bonds. The van der Waals surface area contributed by atoms with Crippen LogP contribution < -0.4 is 9.80 Å². The molecule has 236 valence electrons. The second-order valence-electron chi connectivity index (χ2n) is 13.9. The smallest absolute Gasteiger partial charge is 0.208 e. The van der Waals surface area contributed by atoms with Gasteiger partial charge >= 0.3 is 0 Å². The summed E-state index contributed by atoms with van der Waals surface area (Å²) in [6.07, 6.45) is 0. The summed E-state index contributed by atoms with van der Waals surface area (Å²) in [5, 5.41) is 0. The summed E-state index contributed by atoms with van der Waals surface area (Å²) in [5.41, 5.74) is 10.9. The third kappa shape index (κ3) is 3.99. The van der Waals surface area contributed by atoms with Crippen molar-refractivity contribution in [2.45, 2.75) is 58.1 Å². The Kier molecular flexibility index (Phi) is 6.19. The molecule has 6 aromatic rings. The van der Waals surface area contributed by atoms with E-state index in [1.807, 2.05) is 24.3 Å². The van der Waals surface area contributed by atoms with Crippen molar-refractivity contribution in [2.24, 2.45) is 0 Å². The van der Waals surface area contributed by atoms with Crippen LogP contribution in [-0.2, 0) is 20.7 Å². The summed E-state index contributed by atoms with van der Waals surface area (Å²) in [5.74, 6) is 0. The van der Waals surface area contributed by atoms with Gasteiger partial charge in [-0.1, -0.05) is 112 Å². The third-order valence-corrected chi connectivity index (χ3v) is 13.7. The van der Waals surface area contributed by atoms with E-state index < -0.39 is 9.84 Å².